The third-order valence-electron chi connectivity index (χ3n) is 7.16. The number of rotatable bonds is 12. The normalized spacial score (nSPS) is 15.5. The molecule has 230 valence electrons. The summed E-state index contributed by atoms with van der Waals surface area (Å²) in [7, 11) is 0.0168. The molecule has 1 aliphatic heterocycles. The number of nitrogens with one attached hydrogen (secondary N) is 3. The van der Waals surface area contributed by atoms with Gasteiger partial charge in [-0.15, -0.1) is 0 Å². The summed E-state index contributed by atoms with van der Waals surface area (Å²) in [4.78, 5) is 23.4. The van der Waals surface area contributed by atoms with Gasteiger partial charge in [-0.2, -0.15) is 4.98 Å². The highest BCUT2D eigenvalue weighted by atomic mass is 35.5. The van der Waals surface area contributed by atoms with Gasteiger partial charge in [-0.3, -0.25) is 4.79 Å². The summed E-state index contributed by atoms with van der Waals surface area (Å²) >= 11 is 6.40. The summed E-state index contributed by atoms with van der Waals surface area (Å²) in [6.45, 7) is 8.25. The van der Waals surface area contributed by atoms with Crippen molar-refractivity contribution >= 4 is 56.2 Å². The van der Waals surface area contributed by atoms with E-state index in [9.17, 15) is 13.2 Å². The Morgan fingerprint density at radius 1 is 1.16 bits per heavy atom. The summed E-state index contributed by atoms with van der Waals surface area (Å²) in [6, 6.07) is 10.2. The highest BCUT2D eigenvalue weighted by Gasteiger charge is 2.24. The molecular weight excluding hydrogens is 592 g/mol. The van der Waals surface area contributed by atoms with Gasteiger partial charge in [-0.05, 0) is 64.6 Å². The summed E-state index contributed by atoms with van der Waals surface area (Å²) in [5.41, 5.74) is 1.19. The van der Waals surface area contributed by atoms with Gasteiger partial charge >= 0.3 is 0 Å². The van der Waals surface area contributed by atoms with E-state index in [1.807, 2.05) is 0 Å². The molecule has 0 saturated carbocycles. The lowest BCUT2D eigenvalue weighted by molar-refractivity contribution is -0.111. The van der Waals surface area contributed by atoms with Crippen LogP contribution in [0.1, 0.15) is 33.1 Å². The van der Waals surface area contributed by atoms with Crippen molar-refractivity contribution in [3.05, 3.63) is 60.3 Å². The van der Waals surface area contributed by atoms with E-state index in [1.54, 1.807) is 44.2 Å². The molecule has 11 nitrogen and oxygen atoms in total. The fourth-order valence-corrected chi connectivity index (χ4v) is 5.94. The van der Waals surface area contributed by atoms with Crippen LogP contribution in [0.4, 0.5) is 28.8 Å². The first-order chi connectivity index (χ1) is 20.5. The number of aromatic nitrogens is 2. The molecule has 1 aromatic heterocycles. The van der Waals surface area contributed by atoms with E-state index < -0.39 is 21.0 Å². The zero-order valence-corrected chi connectivity index (χ0v) is 26.3. The maximum Gasteiger partial charge on any atom is 0.247 e. The first-order valence-electron chi connectivity index (χ1n) is 13.9. The number of carbonyl (C=O) groups excluding carboxylic acids is 1. The van der Waals surface area contributed by atoms with Crippen LogP contribution in [0.2, 0.25) is 5.02 Å². The second-order valence-electron chi connectivity index (χ2n) is 10.4. The number of nitrogens with zero attached hydrogens (tertiary/aromatic N) is 3. The van der Waals surface area contributed by atoms with Crippen LogP contribution in [-0.2, 0) is 14.6 Å². The number of methoxy groups -OCH3 is 1. The summed E-state index contributed by atoms with van der Waals surface area (Å²) < 4.78 is 37.7. The number of hydrogen-bond acceptors (Lipinski definition) is 10. The third kappa shape index (κ3) is 7.75. The molecule has 0 radical (unpaired) electrons. The Morgan fingerprint density at radius 2 is 1.93 bits per heavy atom. The largest absolute Gasteiger partial charge is 0.494 e. The predicted molar refractivity (Wildman–Crippen MR) is 170 cm³/mol. The first kappa shape index (κ1) is 32.1. The van der Waals surface area contributed by atoms with Gasteiger partial charge in [0, 0.05) is 12.1 Å². The maximum absolute atomic E-state index is 12.9. The van der Waals surface area contributed by atoms with Gasteiger partial charge in [0.2, 0.25) is 11.9 Å². The molecule has 1 aliphatic rings. The van der Waals surface area contributed by atoms with E-state index in [0.717, 1.165) is 25.8 Å². The van der Waals surface area contributed by atoms with Gasteiger partial charge in [0.1, 0.15) is 23.1 Å². The lowest BCUT2D eigenvalue weighted by atomic mass is 10.0. The van der Waals surface area contributed by atoms with Crippen LogP contribution in [-0.4, -0.2) is 67.8 Å². The zero-order valence-electron chi connectivity index (χ0n) is 24.7. The number of para-hydroxylation sites is 1. The Morgan fingerprint density at radius 3 is 2.63 bits per heavy atom. The van der Waals surface area contributed by atoms with Crippen molar-refractivity contribution in [3.8, 4) is 11.5 Å². The summed E-state index contributed by atoms with van der Waals surface area (Å²) in [5.74, 6) is 0.804. The lowest BCUT2D eigenvalue weighted by Gasteiger charge is -2.32. The monoisotopic (exact) mass is 628 g/mol. The lowest BCUT2D eigenvalue weighted by Crippen LogP contribution is -2.40. The SMILES string of the molecule is C=CC(=O)Nc1cc(Nc2ncc(Cl)c(Nc3ccccc3S(=O)(=O)C(C)C)n2)c(OC)cc1OCC1CCCCN1C. The van der Waals surface area contributed by atoms with Crippen molar-refractivity contribution in [3.63, 3.8) is 0 Å². The molecule has 2 aromatic carbocycles. The van der Waals surface area contributed by atoms with E-state index in [-0.39, 0.29) is 27.7 Å². The quantitative estimate of drug-likeness (QED) is 0.211. The van der Waals surface area contributed by atoms with Crippen LogP contribution in [0.5, 0.6) is 11.5 Å². The highest BCUT2D eigenvalue weighted by Crippen LogP contribution is 2.39. The highest BCUT2D eigenvalue weighted by molar-refractivity contribution is 7.92. The van der Waals surface area contributed by atoms with Gasteiger partial charge in [-0.25, -0.2) is 13.4 Å². The molecule has 1 amide bonds. The smallest absolute Gasteiger partial charge is 0.247 e. The number of ether oxygens (including phenoxy) is 2. The Bertz CT molecular complexity index is 1580. The number of carbonyl (C=O) groups is 1. The van der Waals surface area contributed by atoms with E-state index in [0.29, 0.717) is 35.2 Å². The molecule has 13 heteroatoms. The molecule has 1 unspecified atom stereocenters. The standard InChI is InChI=1S/C30H37ClN6O5S/c1-6-28(38)33-24-15-23(25(41-5)16-26(24)42-18-20-11-9-10-14-37(20)4)35-30-32-17-21(31)29(36-30)34-22-12-7-8-13-27(22)43(39,40)19(2)3/h6-8,12-13,15-17,19-20H,1,9-11,14,18H2,2-5H3,(H,33,38)(H2,32,34,35,36). The minimum atomic E-state index is -3.58. The van der Waals surface area contributed by atoms with Crippen LogP contribution in [0.3, 0.4) is 0 Å². The van der Waals surface area contributed by atoms with E-state index >= 15 is 0 Å². The summed E-state index contributed by atoms with van der Waals surface area (Å²) in [5, 5.41) is 8.51. The minimum absolute atomic E-state index is 0.133. The molecule has 3 aromatic rings. The van der Waals surface area contributed by atoms with Gasteiger partial charge in [0.25, 0.3) is 0 Å². The molecule has 1 fully saturated rings. The van der Waals surface area contributed by atoms with Crippen LogP contribution < -0.4 is 25.4 Å². The molecule has 3 N–H and O–H groups in total. The number of anilines is 5. The molecule has 0 aliphatic carbocycles. The Hall–Kier alpha value is -3.87. The van der Waals surface area contributed by atoms with Gasteiger partial charge in [0.05, 0.1) is 40.5 Å². The van der Waals surface area contributed by atoms with Crippen molar-refractivity contribution in [1.29, 1.82) is 0 Å². The molecule has 43 heavy (non-hydrogen) atoms. The van der Waals surface area contributed by atoms with Crippen molar-refractivity contribution < 1.29 is 22.7 Å². The molecule has 0 bridgehead atoms. The van der Waals surface area contributed by atoms with E-state index in [1.165, 1.54) is 25.4 Å². The Kier molecular flexibility index (Phi) is 10.5. The second kappa shape index (κ2) is 14.1. The average Bonchev–Trinajstić information content (AvgIpc) is 2.99. The minimum Gasteiger partial charge on any atom is -0.494 e. The number of sulfone groups is 1. The van der Waals surface area contributed by atoms with E-state index in [2.05, 4.69) is 44.4 Å². The number of amides is 1. The zero-order chi connectivity index (χ0) is 31.1. The second-order valence-corrected chi connectivity index (χ2v) is 13.3. The molecule has 2 heterocycles. The van der Waals surface area contributed by atoms with Gasteiger partial charge in [0.15, 0.2) is 15.7 Å². The maximum atomic E-state index is 12.9. The Labute approximate surface area is 257 Å². The Balaban J connectivity index is 1.64. The van der Waals surface area contributed by atoms with Crippen LogP contribution in [0.25, 0.3) is 0 Å². The molecular formula is C30H37ClN6O5S. The van der Waals surface area contributed by atoms with Gasteiger partial charge in [-0.1, -0.05) is 36.7 Å². The summed E-state index contributed by atoms with van der Waals surface area (Å²) in [6.07, 6.45) is 5.90. The predicted octanol–water partition coefficient (Wildman–Crippen LogP) is 5.80. The number of piperidine rings is 1. The van der Waals surface area contributed by atoms with Crippen LogP contribution in [0.15, 0.2) is 60.1 Å². The van der Waals surface area contributed by atoms with Crippen molar-refractivity contribution in [2.24, 2.45) is 0 Å². The fraction of sp³-hybridized carbons (Fsp3) is 0.367. The first-order valence-corrected chi connectivity index (χ1v) is 15.8. The van der Waals surface area contributed by atoms with Crippen LogP contribution in [0, 0.1) is 0 Å². The third-order valence-corrected chi connectivity index (χ3v) is 9.64. The number of hydrogen-bond donors (Lipinski definition) is 3. The van der Waals surface area contributed by atoms with Crippen molar-refractivity contribution in [1.82, 2.24) is 14.9 Å². The van der Waals surface area contributed by atoms with E-state index in [4.69, 9.17) is 21.1 Å². The number of benzene rings is 2. The average molecular weight is 629 g/mol. The molecule has 0 spiro atoms. The van der Waals surface area contributed by atoms with Crippen molar-refractivity contribution in [2.75, 3.05) is 43.3 Å². The molecule has 1 atom stereocenters. The van der Waals surface area contributed by atoms with Gasteiger partial charge < -0.3 is 30.3 Å². The molecule has 4 rings (SSSR count). The molecule has 1 saturated heterocycles. The topological polar surface area (TPSA) is 135 Å². The van der Waals surface area contributed by atoms with Crippen LogP contribution >= 0.6 is 11.6 Å². The number of halogens is 1. The fourth-order valence-electron chi connectivity index (χ4n) is 4.60. The van der Waals surface area contributed by atoms with Crippen molar-refractivity contribution in [2.45, 2.75) is 49.3 Å². The number of likely N-dealkylation sites (tertiary alicyclic amines) is 1. The number of likely N-dealkylation sites (N-methyl/N-ethyl adjacent to an activating group) is 1.